The Hall–Kier alpha value is -0.461. The summed E-state index contributed by atoms with van der Waals surface area (Å²) in [4.78, 5) is 0.864. The Balaban J connectivity index is 2.56. The van der Waals surface area contributed by atoms with Crippen LogP contribution < -0.4 is 9.20 Å². The van der Waals surface area contributed by atoms with Crippen LogP contribution in [0.4, 0.5) is 0 Å². The van der Waals surface area contributed by atoms with Crippen LogP contribution in [0.1, 0.15) is 23.6 Å². The fourth-order valence-corrected chi connectivity index (χ4v) is 4.71. The van der Waals surface area contributed by atoms with Crippen LogP contribution in [0.15, 0.2) is 6.07 Å². The van der Waals surface area contributed by atoms with Crippen molar-refractivity contribution in [2.75, 3.05) is 7.11 Å². The summed E-state index contributed by atoms with van der Waals surface area (Å²) >= 11 is 0.677. The number of benzene rings is 1. The first-order valence-corrected chi connectivity index (χ1v) is 6.81. The van der Waals surface area contributed by atoms with Crippen LogP contribution in [0.5, 0.6) is 5.75 Å². The van der Waals surface area contributed by atoms with E-state index in [0.29, 0.717) is 15.0 Å². The molecule has 0 fully saturated rings. The summed E-state index contributed by atoms with van der Waals surface area (Å²) in [5, 5.41) is 0. The monoisotopic (exact) mass is 256 g/mol. The van der Waals surface area contributed by atoms with Gasteiger partial charge in [-0.25, -0.2) is 0 Å². The molecule has 1 aromatic carbocycles. The molecule has 1 unspecified atom stereocenters. The molecule has 0 spiro atoms. The molecule has 1 heterocycles. The molecule has 0 aromatic heterocycles. The van der Waals surface area contributed by atoms with E-state index in [1.165, 1.54) is 23.1 Å². The average Bonchev–Trinajstić information content (AvgIpc) is 2.52. The minimum atomic E-state index is 0.677. The van der Waals surface area contributed by atoms with Gasteiger partial charge in [0.05, 0.1) is 0 Å². The number of methoxy groups -OCH3 is 1. The number of hydrogen-bond acceptors (Lipinski definition) is 1. The Kier molecular flexibility index (Phi) is 2.59. The zero-order valence-corrected chi connectivity index (χ0v) is 10.9. The standard InChI is InChI=1S/C12H16OSe/c1-7-5-10-6-11(13-4)8(2)9(3)12(10)14-7/h6-7H,5H2,1-4H3. The summed E-state index contributed by atoms with van der Waals surface area (Å²) in [5.74, 6) is 1.06. The number of fused-ring (bicyclic) bond motifs is 1. The van der Waals surface area contributed by atoms with Crippen LogP contribution in [0.3, 0.4) is 0 Å². The summed E-state index contributed by atoms with van der Waals surface area (Å²) in [6.45, 7) is 6.74. The Labute approximate surface area is 92.0 Å². The van der Waals surface area contributed by atoms with Gasteiger partial charge in [0, 0.05) is 0 Å². The van der Waals surface area contributed by atoms with Crippen molar-refractivity contribution in [3.8, 4) is 5.75 Å². The first-order valence-electron chi connectivity index (χ1n) is 4.97. The zero-order valence-electron chi connectivity index (χ0n) is 9.18. The Morgan fingerprint density at radius 2 is 2.07 bits per heavy atom. The van der Waals surface area contributed by atoms with Gasteiger partial charge in [-0.1, -0.05) is 0 Å². The molecular weight excluding hydrogens is 239 g/mol. The second-order valence-electron chi connectivity index (χ2n) is 3.95. The van der Waals surface area contributed by atoms with Crippen molar-refractivity contribution in [2.45, 2.75) is 32.0 Å². The molecule has 0 bridgehead atoms. The molecule has 0 saturated carbocycles. The van der Waals surface area contributed by atoms with Gasteiger partial charge in [0.1, 0.15) is 0 Å². The van der Waals surface area contributed by atoms with Gasteiger partial charge in [0.15, 0.2) is 0 Å². The van der Waals surface area contributed by atoms with Gasteiger partial charge in [-0.3, -0.25) is 0 Å². The number of rotatable bonds is 1. The first-order chi connectivity index (χ1) is 6.63. The zero-order chi connectivity index (χ0) is 10.3. The number of ether oxygens (including phenoxy) is 1. The van der Waals surface area contributed by atoms with Gasteiger partial charge in [0.25, 0.3) is 0 Å². The molecule has 0 radical (unpaired) electrons. The van der Waals surface area contributed by atoms with Gasteiger partial charge in [-0.2, -0.15) is 0 Å². The topological polar surface area (TPSA) is 9.23 Å². The third-order valence-corrected chi connectivity index (χ3v) is 5.80. The predicted octanol–water partition coefficient (Wildman–Crippen LogP) is 2.01. The summed E-state index contributed by atoms with van der Waals surface area (Å²) in [5.41, 5.74) is 4.31. The molecule has 76 valence electrons. The second kappa shape index (κ2) is 3.60. The molecule has 2 heteroatoms. The molecule has 1 aliphatic heterocycles. The predicted molar refractivity (Wildman–Crippen MR) is 61.0 cm³/mol. The van der Waals surface area contributed by atoms with E-state index in [1.54, 1.807) is 11.6 Å². The van der Waals surface area contributed by atoms with Crippen molar-refractivity contribution >= 4 is 19.4 Å². The molecule has 1 aliphatic rings. The second-order valence-corrected chi connectivity index (χ2v) is 6.99. The van der Waals surface area contributed by atoms with Crippen LogP contribution in [-0.4, -0.2) is 22.1 Å². The summed E-state index contributed by atoms with van der Waals surface area (Å²) in [7, 11) is 1.76. The summed E-state index contributed by atoms with van der Waals surface area (Å²) in [6.07, 6.45) is 1.24. The minimum absolute atomic E-state index is 0.677. The van der Waals surface area contributed by atoms with E-state index < -0.39 is 0 Å². The van der Waals surface area contributed by atoms with Crippen LogP contribution in [0, 0.1) is 13.8 Å². The quantitative estimate of drug-likeness (QED) is 0.697. The normalized spacial score (nSPS) is 19.6. The van der Waals surface area contributed by atoms with E-state index in [1.807, 2.05) is 0 Å². The van der Waals surface area contributed by atoms with E-state index in [4.69, 9.17) is 4.74 Å². The van der Waals surface area contributed by atoms with Crippen molar-refractivity contribution in [1.82, 2.24) is 0 Å². The fraction of sp³-hybridized carbons (Fsp3) is 0.500. The Morgan fingerprint density at radius 1 is 1.36 bits per heavy atom. The third kappa shape index (κ3) is 1.47. The van der Waals surface area contributed by atoms with Gasteiger partial charge >= 0.3 is 91.8 Å². The molecule has 0 aliphatic carbocycles. The first kappa shape index (κ1) is 10.1. The van der Waals surface area contributed by atoms with E-state index in [2.05, 4.69) is 26.8 Å². The summed E-state index contributed by atoms with van der Waals surface area (Å²) < 4.78 is 7.02. The van der Waals surface area contributed by atoms with Gasteiger partial charge in [-0.05, 0) is 0 Å². The molecule has 14 heavy (non-hydrogen) atoms. The Morgan fingerprint density at radius 3 is 2.71 bits per heavy atom. The third-order valence-electron chi connectivity index (χ3n) is 2.92. The molecule has 1 atom stereocenters. The molecule has 0 amide bonds. The van der Waals surface area contributed by atoms with E-state index >= 15 is 0 Å². The molecule has 1 aromatic rings. The Bertz CT molecular complexity index is 371. The van der Waals surface area contributed by atoms with Crippen LogP contribution in [-0.2, 0) is 6.42 Å². The molecule has 1 nitrogen and oxygen atoms in total. The average molecular weight is 255 g/mol. The van der Waals surface area contributed by atoms with Crippen molar-refractivity contribution in [2.24, 2.45) is 0 Å². The van der Waals surface area contributed by atoms with E-state index in [-0.39, 0.29) is 0 Å². The van der Waals surface area contributed by atoms with Gasteiger partial charge in [-0.15, -0.1) is 0 Å². The molecule has 2 rings (SSSR count). The number of hydrogen-bond donors (Lipinski definition) is 0. The van der Waals surface area contributed by atoms with Crippen LogP contribution in [0.25, 0.3) is 0 Å². The maximum absolute atomic E-state index is 5.39. The van der Waals surface area contributed by atoms with Crippen molar-refractivity contribution < 1.29 is 4.74 Å². The van der Waals surface area contributed by atoms with Gasteiger partial charge in [0.2, 0.25) is 0 Å². The van der Waals surface area contributed by atoms with Crippen LogP contribution in [0.2, 0.25) is 4.82 Å². The SMILES string of the molecule is COc1cc2c(c(C)c1C)[Se]C(C)C2. The molecule has 0 saturated heterocycles. The van der Waals surface area contributed by atoms with Crippen molar-refractivity contribution in [3.63, 3.8) is 0 Å². The van der Waals surface area contributed by atoms with Crippen molar-refractivity contribution in [3.05, 3.63) is 22.8 Å². The maximum atomic E-state index is 5.39. The fourth-order valence-electron chi connectivity index (χ4n) is 2.01. The van der Waals surface area contributed by atoms with Crippen LogP contribution >= 0.6 is 0 Å². The molecular formula is C12H16OSe. The van der Waals surface area contributed by atoms with Crippen molar-refractivity contribution in [1.29, 1.82) is 0 Å². The van der Waals surface area contributed by atoms with E-state index in [9.17, 15) is 0 Å². The van der Waals surface area contributed by atoms with Gasteiger partial charge < -0.3 is 0 Å². The van der Waals surface area contributed by atoms with E-state index in [0.717, 1.165) is 10.6 Å². The summed E-state index contributed by atoms with van der Waals surface area (Å²) in [6, 6.07) is 2.24. The molecule has 0 N–H and O–H groups in total.